The summed E-state index contributed by atoms with van der Waals surface area (Å²) in [5, 5.41) is 3.90. The molecular formula is C23H24F2N4O4. The normalized spacial score (nSPS) is 28.6. The van der Waals surface area contributed by atoms with Crippen LogP contribution in [-0.2, 0) is 9.53 Å². The van der Waals surface area contributed by atoms with Crippen molar-refractivity contribution in [2.75, 3.05) is 13.1 Å². The van der Waals surface area contributed by atoms with Gasteiger partial charge in [0, 0.05) is 37.9 Å². The molecule has 0 radical (unpaired) electrons. The Morgan fingerprint density at radius 2 is 1.79 bits per heavy atom. The van der Waals surface area contributed by atoms with Gasteiger partial charge in [-0.3, -0.25) is 9.59 Å². The highest BCUT2D eigenvalue weighted by Crippen LogP contribution is 2.53. The number of carbonyl (C=O) groups is 2. The van der Waals surface area contributed by atoms with Gasteiger partial charge in [0.25, 0.3) is 5.91 Å². The molecule has 0 N–H and O–H groups in total. The standard InChI is InChI=1S/C23H24F2N4O4/c1-22-5-4-17(14-10-15(24)12-16(25)11-14)29(22)21(31)23(33-22)6-8-28(9-7-23)20(30)19-26-18(27-32-19)13-2-3-13/h10-13,17H,2-9H2,1H3/t17-,22+/m0/s1. The molecule has 0 unspecified atom stereocenters. The van der Waals surface area contributed by atoms with Crippen LogP contribution in [0, 0.1) is 11.6 Å². The minimum absolute atomic E-state index is 0.0210. The number of hydrogen-bond acceptors (Lipinski definition) is 6. The highest BCUT2D eigenvalue weighted by molar-refractivity contribution is 5.91. The molecule has 10 heteroatoms. The van der Waals surface area contributed by atoms with Gasteiger partial charge in [0.15, 0.2) is 11.4 Å². The molecule has 1 aliphatic carbocycles. The summed E-state index contributed by atoms with van der Waals surface area (Å²) in [5.74, 6) is -1.01. The molecule has 3 aliphatic heterocycles. The minimum atomic E-state index is -1.05. The summed E-state index contributed by atoms with van der Waals surface area (Å²) in [6.07, 6.45) is 3.81. The fourth-order valence-electron chi connectivity index (χ4n) is 5.56. The Balaban J connectivity index is 1.19. The maximum absolute atomic E-state index is 13.8. The zero-order valence-electron chi connectivity index (χ0n) is 18.2. The van der Waals surface area contributed by atoms with E-state index >= 15 is 0 Å². The molecule has 3 saturated heterocycles. The lowest BCUT2D eigenvalue weighted by Crippen LogP contribution is -2.51. The van der Waals surface area contributed by atoms with Crippen LogP contribution in [0.25, 0.3) is 0 Å². The van der Waals surface area contributed by atoms with Gasteiger partial charge in [0.05, 0.1) is 6.04 Å². The second-order valence-corrected chi connectivity index (χ2v) is 9.73. The maximum atomic E-state index is 13.8. The molecule has 4 fully saturated rings. The Kier molecular flexibility index (Phi) is 4.43. The lowest BCUT2D eigenvalue weighted by Gasteiger charge is -2.37. The number of hydrogen-bond donors (Lipinski definition) is 0. The van der Waals surface area contributed by atoms with Crippen molar-refractivity contribution >= 4 is 11.8 Å². The van der Waals surface area contributed by atoms with Crippen LogP contribution in [0.1, 0.15) is 79.5 Å². The molecule has 2 atom stereocenters. The van der Waals surface area contributed by atoms with E-state index in [4.69, 9.17) is 9.26 Å². The number of aromatic nitrogens is 2. The monoisotopic (exact) mass is 458 g/mol. The molecule has 1 saturated carbocycles. The van der Waals surface area contributed by atoms with Crippen LogP contribution in [0.3, 0.4) is 0 Å². The quantitative estimate of drug-likeness (QED) is 0.701. The Labute approximate surface area is 188 Å². The van der Waals surface area contributed by atoms with Gasteiger partial charge in [-0.2, -0.15) is 4.98 Å². The van der Waals surface area contributed by atoms with Crippen LogP contribution in [0.5, 0.6) is 0 Å². The smallest absolute Gasteiger partial charge is 0.316 e. The van der Waals surface area contributed by atoms with E-state index in [1.165, 1.54) is 12.1 Å². The summed E-state index contributed by atoms with van der Waals surface area (Å²) in [6.45, 7) is 2.48. The highest BCUT2D eigenvalue weighted by atomic mass is 19.1. The fraction of sp³-hybridized carbons (Fsp3) is 0.565. The van der Waals surface area contributed by atoms with Crippen molar-refractivity contribution in [3.05, 3.63) is 47.1 Å². The first kappa shape index (κ1) is 20.7. The first-order chi connectivity index (χ1) is 15.8. The second kappa shape index (κ2) is 7.06. The third-order valence-electron chi connectivity index (χ3n) is 7.42. The van der Waals surface area contributed by atoms with E-state index in [1.807, 2.05) is 6.92 Å². The topological polar surface area (TPSA) is 88.8 Å². The maximum Gasteiger partial charge on any atom is 0.316 e. The number of halogens is 2. The van der Waals surface area contributed by atoms with Crippen LogP contribution >= 0.6 is 0 Å². The summed E-state index contributed by atoms with van der Waals surface area (Å²) in [4.78, 5) is 33.9. The van der Waals surface area contributed by atoms with Crippen LogP contribution < -0.4 is 0 Å². The number of likely N-dealkylation sites (tertiary alicyclic amines) is 1. The zero-order chi connectivity index (χ0) is 23.0. The third-order valence-corrected chi connectivity index (χ3v) is 7.42. The van der Waals surface area contributed by atoms with Crippen LogP contribution in [-0.4, -0.2) is 56.2 Å². The molecule has 33 heavy (non-hydrogen) atoms. The van der Waals surface area contributed by atoms with Gasteiger partial charge in [-0.15, -0.1) is 0 Å². The molecule has 8 nitrogen and oxygen atoms in total. The number of nitrogens with zero attached hydrogens (tertiary/aromatic N) is 4. The molecule has 0 bridgehead atoms. The van der Waals surface area contributed by atoms with E-state index in [1.54, 1.807) is 9.80 Å². The minimum Gasteiger partial charge on any atom is -0.339 e. The Morgan fingerprint density at radius 3 is 2.45 bits per heavy atom. The molecule has 1 aromatic carbocycles. The number of piperidine rings is 1. The predicted octanol–water partition coefficient (Wildman–Crippen LogP) is 3.31. The molecule has 1 spiro atoms. The fourth-order valence-corrected chi connectivity index (χ4v) is 5.56. The molecular weight excluding hydrogens is 434 g/mol. The van der Waals surface area contributed by atoms with Crippen LogP contribution in [0.2, 0.25) is 0 Å². The number of benzene rings is 1. The van der Waals surface area contributed by atoms with Crippen molar-refractivity contribution < 1.29 is 27.6 Å². The SMILES string of the molecule is C[C@@]12CC[C@@H](c3cc(F)cc(F)c3)N1C(=O)C1(CCN(C(=O)c3nc(C4CC4)no3)CC1)O2. The van der Waals surface area contributed by atoms with Gasteiger partial charge in [-0.05, 0) is 50.3 Å². The molecule has 174 valence electrons. The van der Waals surface area contributed by atoms with E-state index < -0.39 is 29.0 Å². The summed E-state index contributed by atoms with van der Waals surface area (Å²) in [5.41, 5.74) is -1.47. The van der Waals surface area contributed by atoms with Crippen molar-refractivity contribution in [3.8, 4) is 0 Å². The van der Waals surface area contributed by atoms with E-state index in [2.05, 4.69) is 10.1 Å². The molecule has 6 rings (SSSR count). The summed E-state index contributed by atoms with van der Waals surface area (Å²) >= 11 is 0. The average molecular weight is 458 g/mol. The summed E-state index contributed by atoms with van der Waals surface area (Å²) in [6, 6.07) is 2.93. The highest BCUT2D eigenvalue weighted by Gasteiger charge is 2.63. The van der Waals surface area contributed by atoms with Crippen molar-refractivity contribution in [2.45, 2.75) is 68.7 Å². The molecule has 2 aromatic rings. The van der Waals surface area contributed by atoms with Crippen molar-refractivity contribution in [2.24, 2.45) is 0 Å². The van der Waals surface area contributed by atoms with E-state index in [-0.39, 0.29) is 23.6 Å². The van der Waals surface area contributed by atoms with E-state index in [0.29, 0.717) is 50.2 Å². The molecule has 4 heterocycles. The van der Waals surface area contributed by atoms with Gasteiger partial charge in [0.1, 0.15) is 17.4 Å². The van der Waals surface area contributed by atoms with Crippen molar-refractivity contribution in [1.29, 1.82) is 0 Å². The number of carbonyl (C=O) groups excluding carboxylic acids is 2. The van der Waals surface area contributed by atoms with Gasteiger partial charge >= 0.3 is 11.8 Å². The van der Waals surface area contributed by atoms with Crippen molar-refractivity contribution in [1.82, 2.24) is 19.9 Å². The molecule has 2 amide bonds. The number of amides is 2. The first-order valence-electron chi connectivity index (χ1n) is 11.4. The van der Waals surface area contributed by atoms with E-state index in [0.717, 1.165) is 18.9 Å². The Morgan fingerprint density at radius 1 is 1.09 bits per heavy atom. The molecule has 1 aromatic heterocycles. The first-order valence-corrected chi connectivity index (χ1v) is 11.4. The van der Waals surface area contributed by atoms with Crippen molar-refractivity contribution in [3.63, 3.8) is 0 Å². The predicted molar refractivity (Wildman–Crippen MR) is 109 cm³/mol. The van der Waals surface area contributed by atoms with Crippen LogP contribution in [0.4, 0.5) is 8.78 Å². The van der Waals surface area contributed by atoms with Gasteiger partial charge in [0.2, 0.25) is 0 Å². The largest absolute Gasteiger partial charge is 0.339 e. The van der Waals surface area contributed by atoms with Crippen LogP contribution in [0.15, 0.2) is 22.7 Å². The summed E-state index contributed by atoms with van der Waals surface area (Å²) in [7, 11) is 0. The molecule has 4 aliphatic rings. The third kappa shape index (κ3) is 3.25. The average Bonchev–Trinajstić information content (AvgIpc) is 3.34. The van der Waals surface area contributed by atoms with E-state index in [9.17, 15) is 18.4 Å². The lowest BCUT2D eigenvalue weighted by molar-refractivity contribution is -0.148. The number of rotatable bonds is 3. The second-order valence-electron chi connectivity index (χ2n) is 9.73. The summed E-state index contributed by atoms with van der Waals surface area (Å²) < 4.78 is 39.2. The Bertz CT molecular complexity index is 1120. The zero-order valence-corrected chi connectivity index (χ0v) is 18.2. The lowest BCUT2D eigenvalue weighted by atomic mass is 9.89. The van der Waals surface area contributed by atoms with Gasteiger partial charge < -0.3 is 19.1 Å². The van der Waals surface area contributed by atoms with Gasteiger partial charge in [-0.25, -0.2) is 8.78 Å². The van der Waals surface area contributed by atoms with Gasteiger partial charge in [-0.1, -0.05) is 5.16 Å². The Hall–Kier alpha value is -2.88. The number of fused-ring (bicyclic) bond motifs is 1. The number of ether oxygens (including phenoxy) is 1.